The highest BCUT2D eigenvalue weighted by Gasteiger charge is 2.22. The molecule has 3 rings (SSSR count). The van der Waals surface area contributed by atoms with Crippen LogP contribution in [0.1, 0.15) is 22.7 Å². The molecule has 1 atom stereocenters. The number of rotatable bonds is 3. The first kappa shape index (κ1) is 16.6. The molecule has 0 aliphatic carbocycles. The zero-order valence-electron chi connectivity index (χ0n) is 12.7. The largest absolute Gasteiger partial charge is 0.506 e. The Morgan fingerprint density at radius 3 is 2.61 bits per heavy atom. The van der Waals surface area contributed by atoms with Crippen LogP contribution in [0, 0.1) is 0 Å². The smallest absolute Gasteiger partial charge is 0.147 e. The van der Waals surface area contributed by atoms with Gasteiger partial charge in [-0.2, -0.15) is 0 Å². The monoisotopic (exact) mass is 440 g/mol. The summed E-state index contributed by atoms with van der Waals surface area (Å²) in [6.07, 6.45) is 1.73. The Kier molecular flexibility index (Phi) is 4.85. The Hall–Kier alpha value is -1.24. The average Bonchev–Trinajstić information content (AvgIpc) is 2.49. The molecule has 0 saturated heterocycles. The summed E-state index contributed by atoms with van der Waals surface area (Å²) >= 11 is 7.09. The molecule has 1 unspecified atom stereocenters. The zero-order valence-corrected chi connectivity index (χ0v) is 15.9. The third-order valence-electron chi connectivity index (χ3n) is 4.15. The quantitative estimate of drug-likeness (QED) is 0.498. The first-order valence-electron chi connectivity index (χ1n) is 7.36. The number of phenols is 1. The molecule has 2 aromatic carbocycles. The Balaban J connectivity index is 1.92. The van der Waals surface area contributed by atoms with E-state index in [2.05, 4.69) is 49.3 Å². The maximum atomic E-state index is 9.81. The van der Waals surface area contributed by atoms with Gasteiger partial charge in [0.15, 0.2) is 0 Å². The molecule has 4 N–H and O–H groups in total. The number of hydrogen-bond acceptors (Lipinski definition) is 4. The van der Waals surface area contributed by atoms with E-state index in [1.54, 1.807) is 13.2 Å². The van der Waals surface area contributed by atoms with Crippen molar-refractivity contribution in [2.45, 2.75) is 18.9 Å². The second-order valence-corrected chi connectivity index (χ2v) is 7.37. The first-order chi connectivity index (χ1) is 11.0. The summed E-state index contributed by atoms with van der Waals surface area (Å²) in [5, 5.41) is 13.3. The van der Waals surface area contributed by atoms with Crippen LogP contribution in [0.3, 0.4) is 0 Å². The van der Waals surface area contributed by atoms with Gasteiger partial charge in [0, 0.05) is 6.04 Å². The molecule has 0 amide bonds. The molecular weight excluding hydrogens is 424 g/mol. The lowest BCUT2D eigenvalue weighted by Gasteiger charge is -2.28. The molecule has 0 radical (unpaired) electrons. The molecule has 0 aromatic heterocycles. The number of nitrogens with one attached hydrogen (secondary N) is 1. The number of nitrogens with two attached hydrogens (primary N) is 1. The third-order valence-corrected chi connectivity index (χ3v) is 5.33. The predicted octanol–water partition coefficient (Wildman–Crippen LogP) is 3.94. The number of fused-ring (bicyclic) bond motifs is 1. The highest BCUT2D eigenvalue weighted by atomic mass is 79.9. The molecule has 0 bridgehead atoms. The Morgan fingerprint density at radius 1 is 1.26 bits per heavy atom. The van der Waals surface area contributed by atoms with Crippen LogP contribution >= 0.6 is 31.9 Å². The normalized spacial score (nSPS) is 16.9. The molecule has 0 saturated carbocycles. The lowest BCUT2D eigenvalue weighted by molar-refractivity contribution is 0.409. The number of hydrogen-bond donors (Lipinski definition) is 3. The van der Waals surface area contributed by atoms with Crippen molar-refractivity contribution >= 4 is 37.5 Å². The summed E-state index contributed by atoms with van der Waals surface area (Å²) in [4.78, 5) is 0. The lowest BCUT2D eigenvalue weighted by Crippen LogP contribution is -2.31. The number of benzene rings is 2. The standard InChI is InChI=1S/C17H18Br2N2O2/c1-23-17-12(18)4-9(5-13(17)19)6-15-11-8-14(20)16(22)7-10(11)2-3-21-15/h4-5,7-8,15,21-22H,2-3,6,20H2,1H3. The number of methoxy groups -OCH3 is 1. The van der Waals surface area contributed by atoms with Crippen molar-refractivity contribution in [3.8, 4) is 11.5 Å². The average molecular weight is 442 g/mol. The SMILES string of the molecule is COc1c(Br)cc(CC2NCCc3cc(O)c(N)cc32)cc1Br. The van der Waals surface area contributed by atoms with Gasteiger partial charge in [0.05, 0.1) is 21.7 Å². The van der Waals surface area contributed by atoms with Crippen LogP contribution in [-0.2, 0) is 12.8 Å². The molecular formula is C17H18Br2N2O2. The van der Waals surface area contributed by atoms with Crippen molar-refractivity contribution in [2.75, 3.05) is 19.4 Å². The molecule has 0 spiro atoms. The van der Waals surface area contributed by atoms with Crippen LogP contribution < -0.4 is 15.8 Å². The van der Waals surface area contributed by atoms with Gasteiger partial charge < -0.3 is 20.9 Å². The highest BCUT2D eigenvalue weighted by Crippen LogP contribution is 2.37. The molecule has 2 aromatic rings. The van der Waals surface area contributed by atoms with Gasteiger partial charge >= 0.3 is 0 Å². The molecule has 6 heteroatoms. The van der Waals surface area contributed by atoms with E-state index in [0.717, 1.165) is 45.2 Å². The second kappa shape index (κ2) is 6.71. The number of halogens is 2. The van der Waals surface area contributed by atoms with Crippen LogP contribution in [0.25, 0.3) is 0 Å². The maximum Gasteiger partial charge on any atom is 0.147 e. The number of aromatic hydroxyl groups is 1. The fraction of sp³-hybridized carbons (Fsp3) is 0.294. The minimum atomic E-state index is 0.166. The van der Waals surface area contributed by atoms with Crippen LogP contribution in [0.15, 0.2) is 33.2 Å². The molecule has 1 aliphatic rings. The zero-order chi connectivity index (χ0) is 16.6. The summed E-state index contributed by atoms with van der Waals surface area (Å²) in [5.74, 6) is 0.958. The van der Waals surface area contributed by atoms with Gasteiger partial charge in [0.1, 0.15) is 11.5 Å². The van der Waals surface area contributed by atoms with Gasteiger partial charge in [0.2, 0.25) is 0 Å². The molecule has 122 valence electrons. The van der Waals surface area contributed by atoms with Crippen molar-refractivity contribution in [1.29, 1.82) is 0 Å². The van der Waals surface area contributed by atoms with Crippen LogP contribution in [0.2, 0.25) is 0 Å². The summed E-state index contributed by atoms with van der Waals surface area (Å²) in [6, 6.07) is 7.99. The molecule has 1 aliphatic heterocycles. The number of nitrogen functional groups attached to an aromatic ring is 1. The third kappa shape index (κ3) is 3.34. The van der Waals surface area contributed by atoms with Gasteiger partial charge in [-0.15, -0.1) is 0 Å². The van der Waals surface area contributed by atoms with Crippen LogP contribution in [0.5, 0.6) is 11.5 Å². The molecule has 1 heterocycles. The lowest BCUT2D eigenvalue weighted by atomic mass is 9.89. The number of ether oxygens (including phenoxy) is 1. The van der Waals surface area contributed by atoms with Gasteiger partial charge in [-0.05, 0) is 92.2 Å². The summed E-state index contributed by atoms with van der Waals surface area (Å²) in [5.41, 5.74) is 9.80. The van der Waals surface area contributed by atoms with E-state index in [9.17, 15) is 5.11 Å². The summed E-state index contributed by atoms with van der Waals surface area (Å²) < 4.78 is 7.20. The number of anilines is 1. The number of phenolic OH excluding ortho intramolecular Hbond substituents is 1. The van der Waals surface area contributed by atoms with Crippen molar-refractivity contribution in [2.24, 2.45) is 0 Å². The minimum Gasteiger partial charge on any atom is -0.506 e. The van der Waals surface area contributed by atoms with Crippen molar-refractivity contribution < 1.29 is 9.84 Å². The van der Waals surface area contributed by atoms with E-state index in [0.29, 0.717) is 5.69 Å². The molecule has 4 nitrogen and oxygen atoms in total. The van der Waals surface area contributed by atoms with E-state index in [1.165, 1.54) is 5.56 Å². The fourth-order valence-corrected chi connectivity index (χ4v) is 4.65. The summed E-state index contributed by atoms with van der Waals surface area (Å²) in [6.45, 7) is 0.888. The highest BCUT2D eigenvalue weighted by molar-refractivity contribution is 9.11. The van der Waals surface area contributed by atoms with Crippen LogP contribution in [-0.4, -0.2) is 18.8 Å². The van der Waals surface area contributed by atoms with Gasteiger partial charge in [-0.3, -0.25) is 0 Å². The second-order valence-electron chi connectivity index (χ2n) is 5.66. The Bertz CT molecular complexity index is 727. The maximum absolute atomic E-state index is 9.81. The van der Waals surface area contributed by atoms with Crippen molar-refractivity contribution in [3.05, 3.63) is 49.9 Å². The summed E-state index contributed by atoms with van der Waals surface area (Å²) in [7, 11) is 1.65. The van der Waals surface area contributed by atoms with Gasteiger partial charge in [-0.1, -0.05) is 0 Å². The van der Waals surface area contributed by atoms with Crippen LogP contribution in [0.4, 0.5) is 5.69 Å². The first-order valence-corrected chi connectivity index (χ1v) is 8.94. The molecule has 23 heavy (non-hydrogen) atoms. The minimum absolute atomic E-state index is 0.166. The van der Waals surface area contributed by atoms with E-state index >= 15 is 0 Å². The fourth-order valence-electron chi connectivity index (χ4n) is 3.04. The van der Waals surface area contributed by atoms with Gasteiger partial charge in [-0.25, -0.2) is 0 Å². The van der Waals surface area contributed by atoms with Crippen molar-refractivity contribution in [3.63, 3.8) is 0 Å². The molecule has 0 fully saturated rings. The van der Waals surface area contributed by atoms with E-state index in [1.807, 2.05) is 6.07 Å². The topological polar surface area (TPSA) is 67.5 Å². The van der Waals surface area contributed by atoms with E-state index in [4.69, 9.17) is 10.5 Å². The van der Waals surface area contributed by atoms with E-state index in [-0.39, 0.29) is 11.8 Å². The Morgan fingerprint density at radius 2 is 1.96 bits per heavy atom. The van der Waals surface area contributed by atoms with E-state index < -0.39 is 0 Å². The van der Waals surface area contributed by atoms with Crippen molar-refractivity contribution in [1.82, 2.24) is 5.32 Å². The Labute approximate surface area is 152 Å². The predicted molar refractivity (Wildman–Crippen MR) is 99.1 cm³/mol. The van der Waals surface area contributed by atoms with Gasteiger partial charge in [0.25, 0.3) is 0 Å².